The Bertz CT molecular complexity index is 439. The maximum atomic E-state index is 12.0. The largest absolute Gasteiger partial charge is 0.490 e. The van der Waals surface area contributed by atoms with Crippen LogP contribution in [0.1, 0.15) is 23.2 Å². The van der Waals surface area contributed by atoms with Gasteiger partial charge in [0.15, 0.2) is 0 Å². The summed E-state index contributed by atoms with van der Waals surface area (Å²) < 4.78 is 11.2. The summed E-state index contributed by atoms with van der Waals surface area (Å²) in [7, 11) is 0. The molecule has 1 saturated heterocycles. The zero-order chi connectivity index (χ0) is 13.5. The van der Waals surface area contributed by atoms with E-state index in [4.69, 9.17) is 9.47 Å². The minimum Gasteiger partial charge on any atom is -0.490 e. The maximum Gasteiger partial charge on any atom is 0.255 e. The molecule has 1 aromatic rings. The average molecular weight is 261 g/mol. The Morgan fingerprint density at radius 3 is 3.11 bits per heavy atom. The van der Waals surface area contributed by atoms with Gasteiger partial charge in [-0.05, 0) is 25.0 Å². The summed E-state index contributed by atoms with van der Waals surface area (Å²) in [5, 5.41) is 2.75. The average Bonchev–Trinajstić information content (AvgIpc) is 2.96. The van der Waals surface area contributed by atoms with Gasteiger partial charge < -0.3 is 14.8 Å². The molecule has 0 aliphatic carbocycles. The second-order valence-corrected chi connectivity index (χ2v) is 4.44. The smallest absolute Gasteiger partial charge is 0.255 e. The van der Waals surface area contributed by atoms with Crippen molar-refractivity contribution in [2.45, 2.75) is 18.9 Å². The van der Waals surface area contributed by atoms with E-state index in [0.717, 1.165) is 19.4 Å². The molecule has 4 heteroatoms. The van der Waals surface area contributed by atoms with E-state index in [1.54, 1.807) is 18.2 Å². The Kier molecular flexibility index (Phi) is 4.98. The summed E-state index contributed by atoms with van der Waals surface area (Å²) in [6, 6.07) is 7.23. The number of carbonyl (C=O) groups is 1. The maximum absolute atomic E-state index is 12.0. The van der Waals surface area contributed by atoms with Crippen molar-refractivity contribution in [1.82, 2.24) is 5.32 Å². The summed E-state index contributed by atoms with van der Waals surface area (Å²) in [6.45, 7) is 5.31. The van der Waals surface area contributed by atoms with Crippen molar-refractivity contribution in [3.8, 4) is 5.75 Å². The highest BCUT2D eigenvalue weighted by atomic mass is 16.5. The molecule has 0 bridgehead atoms. The van der Waals surface area contributed by atoms with Crippen LogP contribution in [0.4, 0.5) is 0 Å². The Morgan fingerprint density at radius 1 is 1.53 bits per heavy atom. The molecule has 4 nitrogen and oxygen atoms in total. The first-order valence-electron chi connectivity index (χ1n) is 6.54. The summed E-state index contributed by atoms with van der Waals surface area (Å²) in [6.07, 6.45) is 3.89. The second-order valence-electron chi connectivity index (χ2n) is 4.44. The molecule has 1 fully saturated rings. The molecule has 1 amide bonds. The van der Waals surface area contributed by atoms with Crippen LogP contribution in [0.3, 0.4) is 0 Å². The highest BCUT2D eigenvalue weighted by molar-refractivity contribution is 5.96. The second kappa shape index (κ2) is 6.95. The molecular formula is C15H19NO3. The van der Waals surface area contributed by atoms with Gasteiger partial charge in [-0.1, -0.05) is 18.2 Å². The van der Waals surface area contributed by atoms with E-state index in [1.807, 2.05) is 12.1 Å². The van der Waals surface area contributed by atoms with Gasteiger partial charge in [0, 0.05) is 13.2 Å². The minimum absolute atomic E-state index is 0.143. The van der Waals surface area contributed by atoms with Crippen LogP contribution in [0.2, 0.25) is 0 Å². The molecule has 0 aromatic heterocycles. The Labute approximate surface area is 113 Å². The van der Waals surface area contributed by atoms with E-state index in [9.17, 15) is 4.79 Å². The molecule has 1 atom stereocenters. The van der Waals surface area contributed by atoms with Gasteiger partial charge in [-0.25, -0.2) is 0 Å². The van der Waals surface area contributed by atoms with Gasteiger partial charge in [0.25, 0.3) is 5.91 Å². The van der Waals surface area contributed by atoms with E-state index in [1.165, 1.54) is 0 Å². The number of rotatable bonds is 6. The molecule has 0 saturated carbocycles. The topological polar surface area (TPSA) is 47.6 Å². The SMILES string of the molecule is C=CCNC(=O)c1ccccc1OC[C@@H]1CCCO1. The normalized spacial score (nSPS) is 18.0. The quantitative estimate of drug-likeness (QED) is 0.798. The third-order valence-electron chi connectivity index (χ3n) is 2.99. The fraction of sp³-hybridized carbons (Fsp3) is 0.400. The molecule has 1 aliphatic heterocycles. The van der Waals surface area contributed by atoms with Crippen molar-refractivity contribution in [2.75, 3.05) is 19.8 Å². The summed E-state index contributed by atoms with van der Waals surface area (Å²) in [5.41, 5.74) is 0.544. The summed E-state index contributed by atoms with van der Waals surface area (Å²) in [4.78, 5) is 12.0. The number of para-hydroxylation sites is 1. The van der Waals surface area contributed by atoms with Crippen molar-refractivity contribution >= 4 is 5.91 Å². The first-order valence-corrected chi connectivity index (χ1v) is 6.54. The van der Waals surface area contributed by atoms with Gasteiger partial charge in [0.1, 0.15) is 12.4 Å². The molecule has 0 radical (unpaired) electrons. The van der Waals surface area contributed by atoms with E-state index >= 15 is 0 Å². The third kappa shape index (κ3) is 3.83. The van der Waals surface area contributed by atoms with Gasteiger partial charge >= 0.3 is 0 Å². The lowest BCUT2D eigenvalue weighted by Gasteiger charge is -2.14. The molecule has 2 rings (SSSR count). The summed E-state index contributed by atoms with van der Waals surface area (Å²) in [5.74, 6) is 0.447. The minimum atomic E-state index is -0.150. The molecule has 1 heterocycles. The number of hydrogen-bond acceptors (Lipinski definition) is 3. The van der Waals surface area contributed by atoms with Crippen LogP contribution < -0.4 is 10.1 Å². The van der Waals surface area contributed by atoms with Crippen LogP contribution in [0.5, 0.6) is 5.75 Å². The lowest BCUT2D eigenvalue weighted by Crippen LogP contribution is -2.24. The van der Waals surface area contributed by atoms with E-state index in [2.05, 4.69) is 11.9 Å². The molecule has 0 unspecified atom stereocenters. The summed E-state index contributed by atoms with van der Waals surface area (Å²) >= 11 is 0. The molecule has 102 valence electrons. The number of hydrogen-bond donors (Lipinski definition) is 1. The molecule has 19 heavy (non-hydrogen) atoms. The monoisotopic (exact) mass is 261 g/mol. The van der Waals surface area contributed by atoms with Gasteiger partial charge in [-0.2, -0.15) is 0 Å². The fourth-order valence-electron chi connectivity index (χ4n) is 2.00. The molecule has 1 aliphatic rings. The predicted octanol–water partition coefficient (Wildman–Crippen LogP) is 2.16. The van der Waals surface area contributed by atoms with E-state index in [-0.39, 0.29) is 12.0 Å². The van der Waals surface area contributed by atoms with E-state index < -0.39 is 0 Å². The molecule has 1 aromatic carbocycles. The number of ether oxygens (including phenoxy) is 2. The zero-order valence-corrected chi connectivity index (χ0v) is 10.9. The number of amides is 1. The Hall–Kier alpha value is -1.81. The van der Waals surface area contributed by atoms with Crippen molar-refractivity contribution in [1.29, 1.82) is 0 Å². The van der Waals surface area contributed by atoms with Gasteiger partial charge in [0.2, 0.25) is 0 Å². The lowest BCUT2D eigenvalue weighted by molar-refractivity contribution is 0.0671. The van der Waals surface area contributed by atoms with E-state index in [0.29, 0.717) is 24.5 Å². The first kappa shape index (κ1) is 13.6. The van der Waals surface area contributed by atoms with Gasteiger partial charge in [-0.3, -0.25) is 4.79 Å². The van der Waals surface area contributed by atoms with Gasteiger partial charge in [0.05, 0.1) is 11.7 Å². The van der Waals surface area contributed by atoms with Crippen molar-refractivity contribution in [3.05, 3.63) is 42.5 Å². The highest BCUT2D eigenvalue weighted by Crippen LogP contribution is 2.20. The molecular weight excluding hydrogens is 242 g/mol. The van der Waals surface area contributed by atoms with Crippen molar-refractivity contribution in [2.24, 2.45) is 0 Å². The van der Waals surface area contributed by atoms with Crippen molar-refractivity contribution in [3.63, 3.8) is 0 Å². The standard InChI is InChI=1S/C15H19NO3/c1-2-9-16-15(17)13-7-3-4-8-14(13)19-11-12-6-5-10-18-12/h2-4,7-8,12H,1,5-6,9-11H2,(H,16,17)/t12-/m0/s1. The number of benzene rings is 1. The number of nitrogens with one attached hydrogen (secondary N) is 1. The molecule has 1 N–H and O–H groups in total. The Balaban J connectivity index is 1.98. The lowest BCUT2D eigenvalue weighted by atomic mass is 10.2. The molecule has 0 spiro atoms. The van der Waals surface area contributed by atoms with Crippen LogP contribution >= 0.6 is 0 Å². The predicted molar refractivity (Wildman–Crippen MR) is 73.4 cm³/mol. The zero-order valence-electron chi connectivity index (χ0n) is 10.9. The van der Waals surface area contributed by atoms with Crippen LogP contribution in [0, 0.1) is 0 Å². The number of carbonyl (C=O) groups excluding carboxylic acids is 1. The Morgan fingerprint density at radius 2 is 2.37 bits per heavy atom. The van der Waals surface area contributed by atoms with Crippen LogP contribution in [-0.2, 0) is 4.74 Å². The van der Waals surface area contributed by atoms with Crippen molar-refractivity contribution < 1.29 is 14.3 Å². The van der Waals surface area contributed by atoms with Crippen LogP contribution in [-0.4, -0.2) is 31.8 Å². The van der Waals surface area contributed by atoms with Crippen LogP contribution in [0.15, 0.2) is 36.9 Å². The third-order valence-corrected chi connectivity index (χ3v) is 2.99. The van der Waals surface area contributed by atoms with Crippen LogP contribution in [0.25, 0.3) is 0 Å². The fourth-order valence-corrected chi connectivity index (χ4v) is 2.00. The highest BCUT2D eigenvalue weighted by Gasteiger charge is 2.18. The first-order chi connectivity index (χ1) is 9.31. The van der Waals surface area contributed by atoms with Gasteiger partial charge in [-0.15, -0.1) is 6.58 Å².